The van der Waals surface area contributed by atoms with Gasteiger partial charge in [-0.15, -0.1) is 0 Å². The van der Waals surface area contributed by atoms with E-state index in [9.17, 15) is 0 Å². The summed E-state index contributed by atoms with van der Waals surface area (Å²) < 4.78 is 4.98. The Balaban J connectivity index is 1.10. The van der Waals surface area contributed by atoms with Crippen molar-refractivity contribution in [1.29, 1.82) is 0 Å². The van der Waals surface area contributed by atoms with Crippen LogP contribution in [0, 0.1) is 0 Å². The van der Waals surface area contributed by atoms with Gasteiger partial charge in [-0.25, -0.2) is 9.97 Å². The number of rotatable bonds is 3. The van der Waals surface area contributed by atoms with Crippen molar-refractivity contribution in [3.63, 3.8) is 0 Å². The normalized spacial score (nSPS) is 12.3. The van der Waals surface area contributed by atoms with Crippen molar-refractivity contribution < 1.29 is 0 Å². The van der Waals surface area contributed by atoms with E-state index in [4.69, 9.17) is 9.97 Å². The average molecular weight is 711 g/mol. The number of nitrogens with zero attached hydrogens (tertiary/aromatic N) is 4. The minimum Gasteiger partial charge on any atom is -0.309 e. The first-order valence-corrected chi connectivity index (χ1v) is 19.2. The fourth-order valence-electron chi connectivity index (χ4n) is 9.54. The maximum absolute atomic E-state index is 5.27. The van der Waals surface area contributed by atoms with E-state index in [1.807, 2.05) is 24.3 Å². The second kappa shape index (κ2) is 11.0. The molecule has 4 heteroatoms. The lowest BCUT2D eigenvalue weighted by molar-refractivity contribution is 1.19. The van der Waals surface area contributed by atoms with Crippen molar-refractivity contribution in [3.05, 3.63) is 182 Å². The molecule has 0 unspecified atom stereocenters. The summed E-state index contributed by atoms with van der Waals surface area (Å²) in [7, 11) is 0. The smallest absolute Gasteiger partial charge is 0.0973 e. The van der Waals surface area contributed by atoms with Crippen molar-refractivity contribution in [3.8, 4) is 28.2 Å². The van der Waals surface area contributed by atoms with Crippen LogP contribution in [0.3, 0.4) is 0 Å². The van der Waals surface area contributed by atoms with Crippen LogP contribution in [-0.4, -0.2) is 18.9 Å². The minimum atomic E-state index is 0.873. The van der Waals surface area contributed by atoms with Gasteiger partial charge in [0, 0.05) is 49.1 Å². The molecule has 0 N–H and O–H groups in total. The third-order valence-electron chi connectivity index (χ3n) is 12.0. The van der Waals surface area contributed by atoms with Gasteiger partial charge in [-0.2, -0.15) is 0 Å². The molecule has 13 rings (SSSR count). The predicted molar refractivity (Wildman–Crippen MR) is 234 cm³/mol. The van der Waals surface area contributed by atoms with Gasteiger partial charge >= 0.3 is 0 Å². The van der Waals surface area contributed by atoms with Gasteiger partial charge in [0.15, 0.2) is 0 Å². The number of para-hydroxylation sites is 4. The summed E-state index contributed by atoms with van der Waals surface area (Å²) >= 11 is 0. The Morgan fingerprint density at radius 2 is 0.911 bits per heavy atom. The van der Waals surface area contributed by atoms with E-state index in [-0.39, 0.29) is 0 Å². The van der Waals surface area contributed by atoms with Gasteiger partial charge in [-0.3, -0.25) is 0 Å². The van der Waals surface area contributed by atoms with Crippen LogP contribution in [0.2, 0.25) is 0 Å². The second-order valence-corrected chi connectivity index (χ2v) is 14.9. The molecule has 0 radical (unpaired) electrons. The zero-order chi connectivity index (χ0) is 36.5. The summed E-state index contributed by atoms with van der Waals surface area (Å²) in [6, 6.07) is 65.7. The van der Waals surface area contributed by atoms with Crippen LogP contribution in [0.5, 0.6) is 0 Å². The van der Waals surface area contributed by atoms with Gasteiger partial charge in [0.2, 0.25) is 0 Å². The average Bonchev–Trinajstić information content (AvgIpc) is 3.91. The van der Waals surface area contributed by atoms with Crippen LogP contribution >= 0.6 is 0 Å². The second-order valence-electron chi connectivity index (χ2n) is 14.9. The lowest BCUT2D eigenvalue weighted by Gasteiger charge is -2.13. The molecule has 9 aromatic carbocycles. The van der Waals surface area contributed by atoms with Crippen molar-refractivity contribution in [2.45, 2.75) is 0 Å². The number of aromatic nitrogens is 4. The highest BCUT2D eigenvalue weighted by Crippen LogP contribution is 2.48. The number of fused-ring (bicyclic) bond motifs is 14. The highest BCUT2D eigenvalue weighted by atomic mass is 15.0. The first-order valence-electron chi connectivity index (χ1n) is 19.2. The van der Waals surface area contributed by atoms with Crippen LogP contribution in [-0.2, 0) is 0 Å². The lowest BCUT2D eigenvalue weighted by atomic mass is 9.99. The zero-order valence-corrected chi connectivity index (χ0v) is 30.1. The molecule has 0 saturated carbocycles. The van der Waals surface area contributed by atoms with E-state index < -0.39 is 0 Å². The molecular formula is C52H30N4. The maximum atomic E-state index is 5.27. The van der Waals surface area contributed by atoms with E-state index in [2.05, 4.69) is 167 Å². The number of hydrogen-bond acceptors (Lipinski definition) is 2. The van der Waals surface area contributed by atoms with Crippen LogP contribution in [0.25, 0.3) is 121 Å². The summed E-state index contributed by atoms with van der Waals surface area (Å²) in [5.41, 5.74) is 12.9. The SMILES string of the molecule is c1ccc2cc(-c3nc4ccccc4nc3-c3ccc(-n4c5ccccc5c5cc6c7ccccc7n7c8ccc9ccccc9c8c(c54)c67)cc3)ccc2c1. The molecular weight excluding hydrogens is 681 g/mol. The zero-order valence-electron chi connectivity index (χ0n) is 30.1. The van der Waals surface area contributed by atoms with E-state index >= 15 is 0 Å². The predicted octanol–water partition coefficient (Wildman–Crippen LogP) is 13.5. The quantitative estimate of drug-likeness (QED) is 0.183. The van der Waals surface area contributed by atoms with Crippen molar-refractivity contribution in [2.24, 2.45) is 0 Å². The van der Waals surface area contributed by atoms with Gasteiger partial charge in [0.25, 0.3) is 0 Å². The summed E-state index contributed by atoms with van der Waals surface area (Å²) in [6.07, 6.45) is 0. The molecule has 0 bridgehead atoms. The molecule has 258 valence electrons. The molecule has 0 spiro atoms. The van der Waals surface area contributed by atoms with Crippen molar-refractivity contribution in [2.75, 3.05) is 0 Å². The van der Waals surface area contributed by atoms with Gasteiger partial charge in [-0.1, -0.05) is 127 Å². The Kier molecular flexibility index (Phi) is 5.86. The molecule has 0 aliphatic rings. The van der Waals surface area contributed by atoms with Gasteiger partial charge in [0.05, 0.1) is 50.0 Å². The van der Waals surface area contributed by atoms with Crippen LogP contribution in [0.4, 0.5) is 0 Å². The topological polar surface area (TPSA) is 35.1 Å². The molecule has 0 fully saturated rings. The van der Waals surface area contributed by atoms with E-state index in [1.165, 1.54) is 81.4 Å². The Labute approximate surface area is 320 Å². The molecule has 0 aliphatic carbocycles. The standard InChI is InChI=1S/C52H30N4/c1-2-13-34-29-35(22-21-31(34)11-1)50-49(53-42-17-7-8-18-43(42)54-50)33-23-26-36(27-24-33)55-44-19-9-5-15-38(44)40-30-41-39-16-6-10-20-45(39)56-46-28-25-32-12-3-4-14-37(32)47(46)48(51(40)55)52(41)56/h1-30H. The molecule has 4 aromatic heterocycles. The first-order chi connectivity index (χ1) is 27.8. The Morgan fingerprint density at radius 3 is 1.70 bits per heavy atom. The molecule has 0 aliphatic heterocycles. The minimum absolute atomic E-state index is 0.873. The Bertz CT molecular complexity index is 3760. The number of benzene rings is 9. The summed E-state index contributed by atoms with van der Waals surface area (Å²) in [5.74, 6) is 0. The fraction of sp³-hybridized carbons (Fsp3) is 0. The lowest BCUT2D eigenvalue weighted by Crippen LogP contribution is -1.97. The maximum Gasteiger partial charge on any atom is 0.0973 e. The van der Waals surface area contributed by atoms with Crippen LogP contribution in [0.1, 0.15) is 0 Å². The molecule has 56 heavy (non-hydrogen) atoms. The first kappa shape index (κ1) is 29.8. The third-order valence-corrected chi connectivity index (χ3v) is 12.0. The molecule has 0 saturated heterocycles. The van der Waals surface area contributed by atoms with E-state index in [0.717, 1.165) is 39.2 Å². The van der Waals surface area contributed by atoms with Crippen LogP contribution in [0.15, 0.2) is 182 Å². The summed E-state index contributed by atoms with van der Waals surface area (Å²) in [4.78, 5) is 10.5. The monoisotopic (exact) mass is 710 g/mol. The largest absolute Gasteiger partial charge is 0.309 e. The Hall–Kier alpha value is -7.56. The van der Waals surface area contributed by atoms with E-state index in [0.29, 0.717) is 0 Å². The van der Waals surface area contributed by atoms with E-state index in [1.54, 1.807) is 0 Å². The molecule has 13 aromatic rings. The Morgan fingerprint density at radius 1 is 0.339 bits per heavy atom. The van der Waals surface area contributed by atoms with Gasteiger partial charge in [-0.05, 0) is 76.1 Å². The fourth-order valence-corrected chi connectivity index (χ4v) is 9.54. The third kappa shape index (κ3) is 3.97. The van der Waals surface area contributed by atoms with Crippen molar-refractivity contribution >= 4 is 92.5 Å². The molecule has 4 nitrogen and oxygen atoms in total. The molecule has 0 atom stereocenters. The van der Waals surface area contributed by atoms with Crippen molar-refractivity contribution in [1.82, 2.24) is 18.9 Å². The van der Waals surface area contributed by atoms with Gasteiger partial charge < -0.3 is 8.97 Å². The van der Waals surface area contributed by atoms with Crippen LogP contribution < -0.4 is 0 Å². The number of hydrogen-bond donors (Lipinski definition) is 0. The molecule has 4 heterocycles. The highest BCUT2D eigenvalue weighted by Gasteiger charge is 2.25. The summed E-state index contributed by atoms with van der Waals surface area (Å²) in [5, 5.41) is 12.6. The molecule has 0 amide bonds. The highest BCUT2D eigenvalue weighted by molar-refractivity contribution is 6.37. The van der Waals surface area contributed by atoms with Gasteiger partial charge in [0.1, 0.15) is 0 Å². The summed E-state index contributed by atoms with van der Waals surface area (Å²) in [6.45, 7) is 0.